The number of carbonyl (C=O) groups excluding carboxylic acids is 2. The molecule has 7 nitrogen and oxygen atoms in total. The second-order valence-electron chi connectivity index (χ2n) is 5.49. The highest BCUT2D eigenvalue weighted by Crippen LogP contribution is 2.32. The van der Waals surface area contributed by atoms with Crippen LogP contribution in [0.4, 0.5) is 0 Å². The number of carbonyl (C=O) groups is 2. The average Bonchev–Trinajstić information content (AvgIpc) is 3.34. The van der Waals surface area contributed by atoms with Gasteiger partial charge in [0, 0.05) is 18.4 Å². The zero-order valence-corrected chi connectivity index (χ0v) is 15.2. The van der Waals surface area contributed by atoms with Crippen molar-refractivity contribution in [2.75, 3.05) is 24.8 Å². The van der Waals surface area contributed by atoms with E-state index in [0.717, 1.165) is 9.88 Å². The van der Waals surface area contributed by atoms with Gasteiger partial charge in [-0.3, -0.25) is 4.79 Å². The molecule has 2 atom stereocenters. The van der Waals surface area contributed by atoms with Crippen LogP contribution in [0.1, 0.15) is 42.5 Å². The summed E-state index contributed by atoms with van der Waals surface area (Å²) in [5.41, 5.74) is 0. The van der Waals surface area contributed by atoms with E-state index in [0.29, 0.717) is 31.3 Å². The Hall–Kier alpha value is -1.16. The van der Waals surface area contributed by atoms with Gasteiger partial charge in [0.25, 0.3) is 0 Å². The summed E-state index contributed by atoms with van der Waals surface area (Å²) in [6.07, 6.45) is 1.23. The van der Waals surface area contributed by atoms with Crippen molar-refractivity contribution < 1.29 is 23.8 Å². The number of hydrogen-bond donors (Lipinski definition) is 0. The van der Waals surface area contributed by atoms with Crippen LogP contribution in [0.3, 0.4) is 0 Å². The minimum Gasteiger partial charge on any atom is -0.455 e. The molecule has 0 aromatic carbocycles. The summed E-state index contributed by atoms with van der Waals surface area (Å²) in [7, 11) is 0. The number of ether oxygens (including phenoxy) is 3. The number of nitrogens with zero attached hydrogens (tertiary/aromatic N) is 2. The van der Waals surface area contributed by atoms with Crippen molar-refractivity contribution >= 4 is 35.0 Å². The van der Waals surface area contributed by atoms with Crippen molar-refractivity contribution in [2.24, 2.45) is 0 Å². The van der Waals surface area contributed by atoms with Gasteiger partial charge in [0.2, 0.25) is 12.2 Å². The van der Waals surface area contributed by atoms with Crippen molar-refractivity contribution in [1.29, 1.82) is 0 Å². The van der Waals surface area contributed by atoms with Crippen molar-refractivity contribution in [3.63, 3.8) is 0 Å². The van der Waals surface area contributed by atoms with E-state index in [1.165, 1.54) is 11.3 Å². The van der Waals surface area contributed by atoms with Crippen molar-refractivity contribution in [2.45, 2.75) is 38.7 Å². The Morgan fingerprint density at radius 2 is 2.21 bits per heavy atom. The lowest BCUT2D eigenvalue weighted by Gasteiger charge is -2.23. The lowest BCUT2D eigenvalue weighted by molar-refractivity contribution is -0.157. The lowest BCUT2D eigenvalue weighted by Crippen LogP contribution is -2.42. The summed E-state index contributed by atoms with van der Waals surface area (Å²) in [6.45, 7) is 4.72. The number of amides is 1. The van der Waals surface area contributed by atoms with Crippen LogP contribution < -0.4 is 0 Å². The molecule has 24 heavy (non-hydrogen) atoms. The first-order valence-electron chi connectivity index (χ1n) is 7.86. The molecule has 1 aromatic heterocycles. The summed E-state index contributed by atoms with van der Waals surface area (Å²) < 4.78 is 16.4. The maximum Gasteiger partial charge on any atom is 0.330 e. The molecule has 2 aliphatic rings. The predicted octanol–water partition coefficient (Wildman–Crippen LogP) is 2.10. The molecule has 1 aromatic rings. The number of aromatic nitrogens is 1. The fourth-order valence-electron chi connectivity index (χ4n) is 2.50. The highest BCUT2D eigenvalue weighted by atomic mass is 32.2. The Morgan fingerprint density at radius 3 is 2.92 bits per heavy atom. The van der Waals surface area contributed by atoms with Gasteiger partial charge < -0.3 is 19.1 Å². The van der Waals surface area contributed by atoms with E-state index < -0.39 is 18.4 Å². The number of thiazole rings is 1. The van der Waals surface area contributed by atoms with Crippen LogP contribution in [-0.4, -0.2) is 52.6 Å². The number of thioether (sulfide) groups is 1. The molecule has 0 spiro atoms. The van der Waals surface area contributed by atoms with Crippen molar-refractivity contribution in [1.82, 2.24) is 9.88 Å². The lowest BCUT2D eigenvalue weighted by atomic mass is 10.2. The molecular weight excluding hydrogens is 352 g/mol. The van der Waals surface area contributed by atoms with Crippen LogP contribution in [-0.2, 0) is 23.8 Å². The van der Waals surface area contributed by atoms with E-state index in [9.17, 15) is 9.59 Å². The largest absolute Gasteiger partial charge is 0.455 e. The number of hydrogen-bond acceptors (Lipinski definition) is 8. The van der Waals surface area contributed by atoms with E-state index >= 15 is 0 Å². The Balaban J connectivity index is 1.60. The Morgan fingerprint density at radius 1 is 1.46 bits per heavy atom. The average molecular weight is 372 g/mol. The van der Waals surface area contributed by atoms with Gasteiger partial charge in [-0.15, -0.1) is 23.1 Å². The minimum absolute atomic E-state index is 0.0230. The molecule has 3 rings (SSSR count). The molecule has 2 saturated heterocycles. The molecule has 0 N–H and O–H groups in total. The second-order valence-corrected chi connectivity index (χ2v) is 7.58. The first-order chi connectivity index (χ1) is 11.6. The van der Waals surface area contributed by atoms with E-state index in [2.05, 4.69) is 4.98 Å². The van der Waals surface area contributed by atoms with Gasteiger partial charge in [-0.1, -0.05) is 6.92 Å². The van der Waals surface area contributed by atoms with Gasteiger partial charge in [-0.2, -0.15) is 0 Å². The van der Waals surface area contributed by atoms with Gasteiger partial charge in [0.15, 0.2) is 0 Å². The minimum atomic E-state index is -0.501. The molecule has 0 bridgehead atoms. The molecular formula is C15H20N2O5S2. The predicted molar refractivity (Wildman–Crippen MR) is 89.5 cm³/mol. The topological polar surface area (TPSA) is 78.0 Å². The first-order valence-corrected chi connectivity index (χ1v) is 9.83. The molecule has 2 unspecified atom stereocenters. The number of rotatable bonds is 5. The third-order valence-corrected chi connectivity index (χ3v) is 6.03. The standard InChI is InChI=1S/C15H20N2O5S2/c1-3-12(18)17-8-23-7-10(17)14(19)22-9(2)11-6-16-13(24-11)15-20-4-5-21-15/h6,9-10,15H,3-5,7-8H2,1-2H3. The number of esters is 1. The molecule has 2 aliphatic heterocycles. The van der Waals surface area contributed by atoms with Gasteiger partial charge in [0.05, 0.1) is 24.0 Å². The first kappa shape index (κ1) is 17.7. The van der Waals surface area contributed by atoms with Crippen LogP contribution >= 0.6 is 23.1 Å². The Labute approximate surface area is 148 Å². The smallest absolute Gasteiger partial charge is 0.330 e. The normalized spacial score (nSPS) is 22.8. The molecule has 132 valence electrons. The van der Waals surface area contributed by atoms with Crippen LogP contribution in [0.2, 0.25) is 0 Å². The van der Waals surface area contributed by atoms with Crippen LogP contribution in [0.15, 0.2) is 6.20 Å². The monoisotopic (exact) mass is 372 g/mol. The summed E-state index contributed by atoms with van der Waals surface area (Å²) >= 11 is 2.98. The maximum absolute atomic E-state index is 12.4. The summed E-state index contributed by atoms with van der Waals surface area (Å²) in [5, 5.41) is 0.726. The fourth-order valence-corrected chi connectivity index (χ4v) is 4.56. The van der Waals surface area contributed by atoms with Crippen LogP contribution in [0.5, 0.6) is 0 Å². The highest BCUT2D eigenvalue weighted by molar-refractivity contribution is 7.99. The molecule has 1 amide bonds. The Bertz CT molecular complexity index is 602. The highest BCUT2D eigenvalue weighted by Gasteiger charge is 2.36. The Kier molecular flexibility index (Phi) is 5.75. The molecule has 0 radical (unpaired) electrons. The SMILES string of the molecule is CCC(=O)N1CSCC1C(=O)OC(C)c1cnc(C2OCCO2)s1. The summed E-state index contributed by atoms with van der Waals surface area (Å²) in [6, 6.07) is -0.501. The van der Waals surface area contributed by atoms with E-state index in [1.807, 2.05) is 0 Å². The third kappa shape index (κ3) is 3.74. The van der Waals surface area contributed by atoms with Crippen molar-refractivity contribution in [3.05, 3.63) is 16.1 Å². The zero-order valence-electron chi connectivity index (χ0n) is 13.6. The van der Waals surface area contributed by atoms with Gasteiger partial charge in [-0.05, 0) is 6.92 Å². The van der Waals surface area contributed by atoms with E-state index in [4.69, 9.17) is 14.2 Å². The van der Waals surface area contributed by atoms with E-state index in [1.54, 1.807) is 36.7 Å². The molecule has 2 fully saturated rings. The van der Waals surface area contributed by atoms with Gasteiger partial charge in [0.1, 0.15) is 17.2 Å². The maximum atomic E-state index is 12.4. The second kappa shape index (κ2) is 7.81. The van der Waals surface area contributed by atoms with Crippen molar-refractivity contribution in [3.8, 4) is 0 Å². The van der Waals surface area contributed by atoms with Crippen LogP contribution in [0.25, 0.3) is 0 Å². The summed E-state index contributed by atoms with van der Waals surface area (Å²) in [5.74, 6) is 0.736. The fraction of sp³-hybridized carbons (Fsp3) is 0.667. The summed E-state index contributed by atoms with van der Waals surface area (Å²) in [4.78, 5) is 31.0. The van der Waals surface area contributed by atoms with Gasteiger partial charge in [-0.25, -0.2) is 9.78 Å². The molecule has 3 heterocycles. The third-order valence-electron chi connectivity index (χ3n) is 3.84. The van der Waals surface area contributed by atoms with Crippen LogP contribution in [0, 0.1) is 0 Å². The molecule has 9 heteroatoms. The van der Waals surface area contributed by atoms with E-state index in [-0.39, 0.29) is 11.9 Å². The molecule has 0 aliphatic carbocycles. The zero-order chi connectivity index (χ0) is 17.1. The van der Waals surface area contributed by atoms with Gasteiger partial charge >= 0.3 is 5.97 Å². The quantitative estimate of drug-likeness (QED) is 0.733. The molecule has 0 saturated carbocycles.